The topological polar surface area (TPSA) is 119 Å². The molecule has 2 fully saturated rings. The molecule has 5 rings (SSSR count). The number of hydrogen-bond acceptors (Lipinski definition) is 7. The van der Waals surface area contributed by atoms with Crippen molar-refractivity contribution in [2.45, 2.75) is 25.2 Å². The molecule has 3 amide bonds. The molecule has 1 aliphatic carbocycles. The van der Waals surface area contributed by atoms with E-state index in [1.54, 1.807) is 12.1 Å². The van der Waals surface area contributed by atoms with E-state index < -0.39 is 30.4 Å². The molecule has 9 nitrogen and oxygen atoms in total. The van der Waals surface area contributed by atoms with E-state index in [2.05, 4.69) is 22.2 Å². The molecule has 0 radical (unpaired) electrons. The molecule has 3 atom stereocenters. The summed E-state index contributed by atoms with van der Waals surface area (Å²) in [6.45, 7) is -0.547. The Morgan fingerprint density at radius 1 is 0.825 bits per heavy atom. The molecular formula is C31H28N2O7. The van der Waals surface area contributed by atoms with Crippen LogP contribution in [-0.2, 0) is 23.9 Å². The molecule has 0 unspecified atom stereocenters. The quantitative estimate of drug-likeness (QED) is 0.350. The average Bonchev–Trinajstić information content (AvgIpc) is 3.25. The summed E-state index contributed by atoms with van der Waals surface area (Å²) in [5, 5.41) is 2.58. The number of fused-ring (bicyclic) bond motifs is 1. The van der Waals surface area contributed by atoms with Crippen LogP contribution in [0.3, 0.4) is 0 Å². The number of ether oxygens (including phenoxy) is 2. The Morgan fingerprint density at radius 3 is 2.27 bits per heavy atom. The van der Waals surface area contributed by atoms with Crippen LogP contribution in [0.25, 0.3) is 0 Å². The lowest BCUT2D eigenvalue weighted by Crippen LogP contribution is -2.31. The van der Waals surface area contributed by atoms with E-state index in [4.69, 9.17) is 4.74 Å². The summed E-state index contributed by atoms with van der Waals surface area (Å²) in [6.07, 6.45) is 2.08. The standard InChI is InChI=1S/C31H28N2O7/c1-39-30(37)20-10-13-23(14-11-20)32-27(34)18-40-31(38)22-8-5-9-24(16-22)33-28(35)25-15-12-21(17-26(25)29(33)36)19-6-3-2-4-7-19/h2-11,13-14,16,21,25-26H,12,15,17-18H2,1H3,(H,32,34)/t21-,25+,26+/m0/s1. The van der Waals surface area contributed by atoms with Gasteiger partial charge in [-0.3, -0.25) is 19.3 Å². The molecule has 9 heteroatoms. The SMILES string of the molecule is COC(=O)c1ccc(NC(=O)COC(=O)c2cccc(N3C(=O)[C@@H]4CC[C@H](c5ccccc5)C[C@H]4C3=O)c2)cc1. The second-order valence-corrected chi connectivity index (χ2v) is 9.89. The van der Waals surface area contributed by atoms with Crippen LogP contribution in [0, 0.1) is 11.8 Å². The molecule has 3 aromatic carbocycles. The van der Waals surface area contributed by atoms with Gasteiger partial charge in [-0.2, -0.15) is 0 Å². The highest BCUT2D eigenvalue weighted by Crippen LogP contribution is 2.45. The van der Waals surface area contributed by atoms with Crippen molar-refractivity contribution in [3.8, 4) is 0 Å². The lowest BCUT2D eigenvalue weighted by molar-refractivity contribution is -0.122. The van der Waals surface area contributed by atoms with Gasteiger partial charge in [0.25, 0.3) is 5.91 Å². The van der Waals surface area contributed by atoms with Crippen molar-refractivity contribution in [3.63, 3.8) is 0 Å². The zero-order valence-corrected chi connectivity index (χ0v) is 21.9. The van der Waals surface area contributed by atoms with Gasteiger partial charge in [0.1, 0.15) is 0 Å². The summed E-state index contributed by atoms with van der Waals surface area (Å²) in [5.74, 6) is -2.88. The van der Waals surface area contributed by atoms with Crippen LogP contribution < -0.4 is 10.2 Å². The number of carbonyl (C=O) groups is 5. The molecule has 0 bridgehead atoms. The van der Waals surface area contributed by atoms with Crippen LogP contribution in [-0.4, -0.2) is 43.4 Å². The van der Waals surface area contributed by atoms with Crippen LogP contribution in [0.5, 0.6) is 0 Å². The lowest BCUT2D eigenvalue weighted by atomic mass is 9.73. The number of esters is 2. The summed E-state index contributed by atoms with van der Waals surface area (Å²) in [7, 11) is 1.27. The Balaban J connectivity index is 1.21. The normalized spacial score (nSPS) is 20.0. The van der Waals surface area contributed by atoms with Gasteiger partial charge < -0.3 is 14.8 Å². The molecule has 3 aromatic rings. The fraction of sp³-hybridized carbons (Fsp3) is 0.258. The Morgan fingerprint density at radius 2 is 1.55 bits per heavy atom. The predicted molar refractivity (Wildman–Crippen MR) is 146 cm³/mol. The monoisotopic (exact) mass is 540 g/mol. The lowest BCUT2D eigenvalue weighted by Gasteiger charge is -2.28. The van der Waals surface area contributed by atoms with Crippen molar-refractivity contribution in [2.24, 2.45) is 11.8 Å². The first-order valence-electron chi connectivity index (χ1n) is 13.0. The smallest absolute Gasteiger partial charge is 0.338 e. The van der Waals surface area contributed by atoms with E-state index in [9.17, 15) is 24.0 Å². The number of benzene rings is 3. The van der Waals surface area contributed by atoms with Gasteiger partial charge in [-0.1, -0.05) is 36.4 Å². The van der Waals surface area contributed by atoms with Gasteiger partial charge in [0.15, 0.2) is 6.61 Å². The number of methoxy groups -OCH3 is 1. The zero-order valence-electron chi connectivity index (χ0n) is 21.9. The third-order valence-corrected chi connectivity index (χ3v) is 7.46. The maximum atomic E-state index is 13.4. The average molecular weight is 541 g/mol. The minimum absolute atomic E-state index is 0.116. The number of nitrogens with one attached hydrogen (secondary N) is 1. The fourth-order valence-electron chi connectivity index (χ4n) is 5.45. The maximum Gasteiger partial charge on any atom is 0.338 e. The van der Waals surface area contributed by atoms with Gasteiger partial charge in [-0.05, 0) is 73.2 Å². The van der Waals surface area contributed by atoms with Gasteiger partial charge >= 0.3 is 11.9 Å². The second-order valence-electron chi connectivity index (χ2n) is 9.89. The first kappa shape index (κ1) is 26.8. The summed E-state index contributed by atoms with van der Waals surface area (Å²) in [5.41, 5.74) is 2.34. The van der Waals surface area contributed by atoms with E-state index in [-0.39, 0.29) is 29.2 Å². The molecule has 1 saturated carbocycles. The summed E-state index contributed by atoms with van der Waals surface area (Å²) < 4.78 is 9.80. The van der Waals surface area contributed by atoms with Crippen LogP contribution in [0.15, 0.2) is 78.9 Å². The van der Waals surface area contributed by atoms with E-state index in [0.29, 0.717) is 29.8 Å². The highest BCUT2D eigenvalue weighted by molar-refractivity contribution is 6.22. The Hall–Kier alpha value is -4.79. The van der Waals surface area contributed by atoms with Crippen LogP contribution in [0.2, 0.25) is 0 Å². The van der Waals surface area contributed by atoms with Crippen LogP contribution in [0.4, 0.5) is 11.4 Å². The number of rotatable bonds is 7. The van der Waals surface area contributed by atoms with Crippen molar-refractivity contribution in [1.29, 1.82) is 0 Å². The number of imide groups is 1. The molecule has 1 N–H and O–H groups in total. The van der Waals surface area contributed by atoms with E-state index in [0.717, 1.165) is 6.42 Å². The second kappa shape index (κ2) is 11.5. The molecule has 1 aliphatic heterocycles. The van der Waals surface area contributed by atoms with Crippen molar-refractivity contribution < 1.29 is 33.4 Å². The van der Waals surface area contributed by atoms with Gasteiger partial charge in [0, 0.05) is 5.69 Å². The molecule has 0 spiro atoms. The van der Waals surface area contributed by atoms with E-state index in [1.807, 2.05) is 18.2 Å². The third-order valence-electron chi connectivity index (χ3n) is 7.46. The number of carbonyl (C=O) groups excluding carboxylic acids is 5. The molecule has 2 aliphatic rings. The van der Waals surface area contributed by atoms with Crippen molar-refractivity contribution in [1.82, 2.24) is 0 Å². The fourth-order valence-corrected chi connectivity index (χ4v) is 5.45. The van der Waals surface area contributed by atoms with Crippen LogP contribution >= 0.6 is 0 Å². The van der Waals surface area contributed by atoms with Gasteiger partial charge in [0.05, 0.1) is 35.8 Å². The van der Waals surface area contributed by atoms with E-state index >= 15 is 0 Å². The maximum absolute atomic E-state index is 13.4. The number of hydrogen-bond donors (Lipinski definition) is 1. The van der Waals surface area contributed by atoms with Crippen molar-refractivity contribution in [2.75, 3.05) is 23.9 Å². The van der Waals surface area contributed by atoms with Gasteiger partial charge in [0.2, 0.25) is 11.8 Å². The zero-order chi connectivity index (χ0) is 28.2. The van der Waals surface area contributed by atoms with Gasteiger partial charge in [-0.15, -0.1) is 0 Å². The minimum Gasteiger partial charge on any atom is -0.465 e. The first-order valence-corrected chi connectivity index (χ1v) is 13.0. The highest BCUT2D eigenvalue weighted by Gasteiger charge is 2.50. The number of anilines is 2. The molecule has 1 saturated heterocycles. The Bertz CT molecular complexity index is 1450. The van der Waals surface area contributed by atoms with Crippen LogP contribution in [0.1, 0.15) is 51.5 Å². The largest absolute Gasteiger partial charge is 0.465 e. The molecule has 40 heavy (non-hydrogen) atoms. The number of amides is 3. The Labute approximate surface area is 231 Å². The molecule has 0 aromatic heterocycles. The first-order chi connectivity index (χ1) is 19.4. The summed E-state index contributed by atoms with van der Waals surface area (Å²) >= 11 is 0. The van der Waals surface area contributed by atoms with Gasteiger partial charge in [-0.25, -0.2) is 9.59 Å². The van der Waals surface area contributed by atoms with E-state index in [1.165, 1.54) is 54.0 Å². The highest BCUT2D eigenvalue weighted by atomic mass is 16.5. The minimum atomic E-state index is -0.765. The Kier molecular flexibility index (Phi) is 7.72. The predicted octanol–water partition coefficient (Wildman–Crippen LogP) is 4.34. The molecule has 204 valence electrons. The number of nitrogens with zero attached hydrogens (tertiary/aromatic N) is 1. The third kappa shape index (κ3) is 5.49. The molecular weight excluding hydrogens is 512 g/mol. The van der Waals surface area contributed by atoms with Crippen molar-refractivity contribution in [3.05, 3.63) is 95.6 Å². The molecule has 1 heterocycles. The van der Waals surface area contributed by atoms with Crippen molar-refractivity contribution >= 4 is 41.0 Å². The summed E-state index contributed by atoms with van der Waals surface area (Å²) in [4.78, 5) is 64.3. The summed E-state index contributed by atoms with van der Waals surface area (Å²) in [6, 6.07) is 22.2.